The number of anilines is 1. The van der Waals surface area contributed by atoms with E-state index in [1.807, 2.05) is 17.6 Å². The molecule has 1 atom stereocenters. The van der Waals surface area contributed by atoms with Crippen molar-refractivity contribution >= 4 is 28.3 Å². The number of nitrogens with zero attached hydrogens (tertiary/aromatic N) is 3. The van der Waals surface area contributed by atoms with E-state index in [1.165, 1.54) is 10.5 Å². The Labute approximate surface area is 108 Å². The number of thiazole rings is 1. The molecule has 0 saturated heterocycles. The Bertz CT molecular complexity index is 686. The van der Waals surface area contributed by atoms with Crippen molar-refractivity contribution in [1.29, 1.82) is 0 Å². The van der Waals surface area contributed by atoms with Gasteiger partial charge in [0.25, 0.3) is 0 Å². The molecule has 0 amide bonds. The minimum atomic E-state index is 0.314. The summed E-state index contributed by atoms with van der Waals surface area (Å²) in [5, 5.41) is 6.58. The van der Waals surface area contributed by atoms with E-state index in [0.717, 1.165) is 24.4 Å². The second-order valence-electron chi connectivity index (χ2n) is 4.40. The molecule has 0 radical (unpaired) electrons. The molecule has 1 aliphatic heterocycles. The van der Waals surface area contributed by atoms with Gasteiger partial charge < -0.3 is 9.88 Å². The zero-order chi connectivity index (χ0) is 11.9. The summed E-state index contributed by atoms with van der Waals surface area (Å²) in [5.41, 5.74) is 2.23. The highest BCUT2D eigenvalue weighted by Crippen LogP contribution is 2.34. The van der Waals surface area contributed by atoms with Crippen LogP contribution in [0.25, 0.3) is 11.0 Å². The third kappa shape index (κ3) is 1.37. The molecule has 1 N–H and O–H groups in total. The normalized spacial score (nSPS) is 18.6. The van der Waals surface area contributed by atoms with Gasteiger partial charge in [-0.15, -0.1) is 11.3 Å². The first-order chi connectivity index (χ1) is 8.93. The molecule has 1 aromatic carbocycles. The lowest BCUT2D eigenvalue weighted by atomic mass is 10.1. The smallest absolute Gasteiger partial charge is 0.204 e. The Morgan fingerprint density at radius 2 is 2.28 bits per heavy atom. The molecule has 5 heteroatoms. The molecule has 1 aliphatic rings. The van der Waals surface area contributed by atoms with E-state index in [1.54, 1.807) is 11.3 Å². The summed E-state index contributed by atoms with van der Waals surface area (Å²) in [4.78, 5) is 9.11. The van der Waals surface area contributed by atoms with E-state index < -0.39 is 0 Å². The first-order valence-corrected chi connectivity index (χ1v) is 6.92. The second kappa shape index (κ2) is 3.81. The van der Waals surface area contributed by atoms with Gasteiger partial charge in [-0.3, -0.25) is 0 Å². The minimum Gasteiger partial charge on any atom is -0.356 e. The molecule has 2 aromatic heterocycles. The van der Waals surface area contributed by atoms with Crippen molar-refractivity contribution in [2.45, 2.75) is 12.5 Å². The molecule has 0 fully saturated rings. The number of para-hydroxylation sites is 2. The fraction of sp³-hybridized carbons (Fsp3) is 0.231. The molecular weight excluding hydrogens is 244 g/mol. The Hall–Kier alpha value is -1.88. The average molecular weight is 256 g/mol. The molecule has 4 nitrogen and oxygen atoms in total. The highest BCUT2D eigenvalue weighted by molar-refractivity contribution is 7.09. The number of hydrogen-bond donors (Lipinski definition) is 1. The van der Waals surface area contributed by atoms with Crippen LogP contribution in [-0.2, 0) is 0 Å². The number of imidazole rings is 1. The van der Waals surface area contributed by atoms with Gasteiger partial charge in [-0.05, 0) is 18.6 Å². The van der Waals surface area contributed by atoms with Crippen LogP contribution >= 0.6 is 11.3 Å². The summed E-state index contributed by atoms with van der Waals surface area (Å²) in [7, 11) is 0. The van der Waals surface area contributed by atoms with Crippen molar-refractivity contribution in [3.63, 3.8) is 0 Å². The van der Waals surface area contributed by atoms with Crippen LogP contribution in [0.3, 0.4) is 0 Å². The predicted molar refractivity (Wildman–Crippen MR) is 73.1 cm³/mol. The van der Waals surface area contributed by atoms with Gasteiger partial charge in [-0.25, -0.2) is 9.97 Å². The molecule has 0 bridgehead atoms. The number of hydrogen-bond acceptors (Lipinski definition) is 4. The lowest BCUT2D eigenvalue weighted by Gasteiger charge is -2.25. The Morgan fingerprint density at radius 3 is 3.17 bits per heavy atom. The summed E-state index contributed by atoms with van der Waals surface area (Å²) in [6.07, 6.45) is 2.93. The van der Waals surface area contributed by atoms with E-state index in [-0.39, 0.29) is 0 Å². The maximum absolute atomic E-state index is 4.64. The summed E-state index contributed by atoms with van der Waals surface area (Å²) in [5.74, 6) is 0.961. The fourth-order valence-electron chi connectivity index (χ4n) is 2.57. The first kappa shape index (κ1) is 10.1. The molecule has 90 valence electrons. The summed E-state index contributed by atoms with van der Waals surface area (Å²) >= 11 is 1.72. The fourth-order valence-corrected chi connectivity index (χ4v) is 3.33. The zero-order valence-corrected chi connectivity index (χ0v) is 10.5. The summed E-state index contributed by atoms with van der Waals surface area (Å²) in [6.45, 7) is 0.952. The predicted octanol–water partition coefficient (Wildman–Crippen LogP) is 2.90. The van der Waals surface area contributed by atoms with Crippen molar-refractivity contribution < 1.29 is 0 Å². The minimum absolute atomic E-state index is 0.314. The van der Waals surface area contributed by atoms with Crippen molar-refractivity contribution in [1.82, 2.24) is 14.5 Å². The van der Waals surface area contributed by atoms with Crippen LogP contribution in [0.4, 0.5) is 5.95 Å². The summed E-state index contributed by atoms with van der Waals surface area (Å²) in [6, 6.07) is 8.58. The van der Waals surface area contributed by atoms with Gasteiger partial charge in [0.2, 0.25) is 5.95 Å². The van der Waals surface area contributed by atoms with Crippen LogP contribution in [0.5, 0.6) is 0 Å². The van der Waals surface area contributed by atoms with Crippen LogP contribution in [0, 0.1) is 0 Å². The van der Waals surface area contributed by atoms with Crippen molar-refractivity contribution in [2.75, 3.05) is 11.9 Å². The number of aromatic nitrogens is 3. The molecule has 0 spiro atoms. The Balaban J connectivity index is 1.97. The molecule has 1 unspecified atom stereocenters. The van der Waals surface area contributed by atoms with Crippen LogP contribution in [0.15, 0.2) is 35.8 Å². The highest BCUT2D eigenvalue weighted by atomic mass is 32.1. The molecule has 3 heterocycles. The quantitative estimate of drug-likeness (QED) is 0.728. The molecule has 0 aliphatic carbocycles. The molecule has 4 rings (SSSR count). The van der Waals surface area contributed by atoms with Gasteiger partial charge in [0.05, 0.1) is 17.1 Å². The molecule has 0 saturated carbocycles. The van der Waals surface area contributed by atoms with E-state index in [9.17, 15) is 0 Å². The average Bonchev–Trinajstić information content (AvgIpc) is 3.05. The number of rotatable bonds is 1. The summed E-state index contributed by atoms with van der Waals surface area (Å²) < 4.78 is 2.28. The van der Waals surface area contributed by atoms with Gasteiger partial charge in [0.15, 0.2) is 0 Å². The number of nitrogens with one attached hydrogen (secondary N) is 1. The number of benzene rings is 1. The Kier molecular flexibility index (Phi) is 2.14. The monoisotopic (exact) mass is 256 g/mol. The third-order valence-electron chi connectivity index (χ3n) is 3.34. The van der Waals surface area contributed by atoms with Gasteiger partial charge in [0.1, 0.15) is 5.01 Å². The van der Waals surface area contributed by atoms with Gasteiger partial charge in [0, 0.05) is 18.1 Å². The van der Waals surface area contributed by atoms with Gasteiger partial charge in [-0.2, -0.15) is 0 Å². The van der Waals surface area contributed by atoms with Gasteiger partial charge in [-0.1, -0.05) is 12.1 Å². The van der Waals surface area contributed by atoms with Crippen molar-refractivity contribution in [2.24, 2.45) is 0 Å². The zero-order valence-electron chi connectivity index (χ0n) is 9.71. The van der Waals surface area contributed by atoms with E-state index >= 15 is 0 Å². The van der Waals surface area contributed by atoms with E-state index in [4.69, 9.17) is 0 Å². The molecular formula is C13H12N4S. The van der Waals surface area contributed by atoms with Crippen LogP contribution < -0.4 is 5.32 Å². The Morgan fingerprint density at radius 1 is 1.33 bits per heavy atom. The largest absolute Gasteiger partial charge is 0.356 e. The second-order valence-corrected chi connectivity index (χ2v) is 5.32. The lowest BCUT2D eigenvalue weighted by Crippen LogP contribution is -2.23. The van der Waals surface area contributed by atoms with Crippen molar-refractivity contribution in [3.05, 3.63) is 40.8 Å². The maximum atomic E-state index is 4.64. The maximum Gasteiger partial charge on any atom is 0.204 e. The highest BCUT2D eigenvalue weighted by Gasteiger charge is 2.25. The standard InChI is InChI=1S/C13H12N4S/c1-2-4-10-9(3-1)16-13-15-6-5-11(17(10)13)12-14-7-8-18-12/h1-4,7-8,11H,5-6H2,(H,15,16). The molecule has 3 aromatic rings. The topological polar surface area (TPSA) is 42.7 Å². The van der Waals surface area contributed by atoms with E-state index in [0.29, 0.717) is 6.04 Å². The van der Waals surface area contributed by atoms with Crippen LogP contribution in [0.1, 0.15) is 17.5 Å². The third-order valence-corrected chi connectivity index (χ3v) is 4.22. The van der Waals surface area contributed by atoms with E-state index in [2.05, 4.69) is 38.1 Å². The van der Waals surface area contributed by atoms with Crippen LogP contribution in [0.2, 0.25) is 0 Å². The van der Waals surface area contributed by atoms with Crippen molar-refractivity contribution in [3.8, 4) is 0 Å². The van der Waals surface area contributed by atoms with Gasteiger partial charge >= 0.3 is 0 Å². The SMILES string of the molecule is c1ccc2c(c1)nc1n2C(c2nccs2)CCN1. The first-order valence-electron chi connectivity index (χ1n) is 6.04. The molecule has 18 heavy (non-hydrogen) atoms. The van der Waals surface area contributed by atoms with Crippen LogP contribution in [-0.4, -0.2) is 21.1 Å². The lowest BCUT2D eigenvalue weighted by molar-refractivity contribution is 0.540. The number of fused-ring (bicyclic) bond motifs is 3.